The summed E-state index contributed by atoms with van der Waals surface area (Å²) in [5.41, 5.74) is -2.30. The van der Waals surface area contributed by atoms with Gasteiger partial charge in [0.2, 0.25) is 11.7 Å². The van der Waals surface area contributed by atoms with Gasteiger partial charge in [0.1, 0.15) is 0 Å². The standard InChI is InChI=1S/C11H18O7/c1-5-6-7(12)18-8(9(13)16-3)11(2,15)10(14)17-4/h8,15H,5-6H2,1-4H3/t8-,11+/m1/s1. The Morgan fingerprint density at radius 2 is 1.78 bits per heavy atom. The second-order valence-electron chi connectivity index (χ2n) is 3.78. The average Bonchev–Trinajstić information content (AvgIpc) is 2.34. The van der Waals surface area contributed by atoms with Gasteiger partial charge in [-0.2, -0.15) is 0 Å². The predicted molar refractivity (Wildman–Crippen MR) is 59.4 cm³/mol. The molecule has 0 saturated carbocycles. The van der Waals surface area contributed by atoms with Crippen molar-refractivity contribution in [3.63, 3.8) is 0 Å². The summed E-state index contributed by atoms with van der Waals surface area (Å²) in [5.74, 6) is -2.84. The van der Waals surface area contributed by atoms with Crippen molar-refractivity contribution in [2.24, 2.45) is 0 Å². The third-order valence-corrected chi connectivity index (χ3v) is 2.23. The fraction of sp³-hybridized carbons (Fsp3) is 0.727. The van der Waals surface area contributed by atoms with Gasteiger partial charge in [-0.05, 0) is 13.3 Å². The lowest BCUT2D eigenvalue weighted by Gasteiger charge is -2.27. The number of carbonyl (C=O) groups is 3. The molecule has 0 unspecified atom stereocenters. The lowest BCUT2D eigenvalue weighted by molar-refractivity contribution is -0.194. The second-order valence-corrected chi connectivity index (χ2v) is 3.78. The Labute approximate surface area is 105 Å². The van der Waals surface area contributed by atoms with Crippen LogP contribution in [0.1, 0.15) is 26.7 Å². The minimum absolute atomic E-state index is 0.0603. The lowest BCUT2D eigenvalue weighted by atomic mass is 9.99. The molecule has 7 nitrogen and oxygen atoms in total. The number of esters is 3. The summed E-state index contributed by atoms with van der Waals surface area (Å²) in [5, 5.41) is 9.91. The van der Waals surface area contributed by atoms with E-state index in [0.717, 1.165) is 21.1 Å². The highest BCUT2D eigenvalue weighted by molar-refractivity contribution is 5.90. The van der Waals surface area contributed by atoms with Crippen LogP contribution >= 0.6 is 0 Å². The van der Waals surface area contributed by atoms with Crippen molar-refractivity contribution >= 4 is 17.9 Å². The van der Waals surface area contributed by atoms with Crippen LogP contribution in [0, 0.1) is 0 Å². The highest BCUT2D eigenvalue weighted by Gasteiger charge is 2.48. The van der Waals surface area contributed by atoms with Gasteiger partial charge < -0.3 is 19.3 Å². The van der Waals surface area contributed by atoms with Gasteiger partial charge >= 0.3 is 17.9 Å². The van der Waals surface area contributed by atoms with E-state index in [2.05, 4.69) is 9.47 Å². The number of aliphatic hydroxyl groups is 1. The first-order valence-electron chi connectivity index (χ1n) is 5.39. The van der Waals surface area contributed by atoms with Crippen molar-refractivity contribution in [3.05, 3.63) is 0 Å². The first kappa shape index (κ1) is 16.4. The molecule has 0 aliphatic heterocycles. The monoisotopic (exact) mass is 262 g/mol. The number of carbonyl (C=O) groups excluding carboxylic acids is 3. The molecule has 7 heteroatoms. The summed E-state index contributed by atoms with van der Waals surface area (Å²) >= 11 is 0. The van der Waals surface area contributed by atoms with E-state index in [4.69, 9.17) is 4.74 Å². The van der Waals surface area contributed by atoms with Crippen LogP contribution in [-0.4, -0.2) is 48.9 Å². The molecule has 0 saturated heterocycles. The van der Waals surface area contributed by atoms with Crippen LogP contribution in [-0.2, 0) is 28.6 Å². The van der Waals surface area contributed by atoms with Crippen molar-refractivity contribution in [2.75, 3.05) is 14.2 Å². The van der Waals surface area contributed by atoms with Gasteiger partial charge in [0.05, 0.1) is 14.2 Å². The van der Waals surface area contributed by atoms with Gasteiger partial charge in [0.15, 0.2) is 0 Å². The van der Waals surface area contributed by atoms with Crippen molar-refractivity contribution in [2.45, 2.75) is 38.4 Å². The molecule has 0 amide bonds. The van der Waals surface area contributed by atoms with Crippen molar-refractivity contribution in [1.82, 2.24) is 0 Å². The topological polar surface area (TPSA) is 99.1 Å². The molecule has 0 aromatic carbocycles. The molecule has 0 bridgehead atoms. The van der Waals surface area contributed by atoms with Crippen LogP contribution in [0.25, 0.3) is 0 Å². The van der Waals surface area contributed by atoms with E-state index < -0.39 is 29.6 Å². The fourth-order valence-electron chi connectivity index (χ4n) is 1.21. The van der Waals surface area contributed by atoms with Gasteiger partial charge in [-0.25, -0.2) is 9.59 Å². The first-order chi connectivity index (χ1) is 8.31. The quantitative estimate of drug-likeness (QED) is 0.522. The van der Waals surface area contributed by atoms with Gasteiger partial charge in [-0.3, -0.25) is 4.79 Å². The molecule has 0 fully saturated rings. The van der Waals surface area contributed by atoms with Crippen molar-refractivity contribution in [3.8, 4) is 0 Å². The average molecular weight is 262 g/mol. The maximum Gasteiger partial charge on any atom is 0.350 e. The molecule has 0 aromatic heterocycles. The maximum absolute atomic E-state index is 11.5. The van der Waals surface area contributed by atoms with Crippen LogP contribution in [0.15, 0.2) is 0 Å². The van der Waals surface area contributed by atoms with E-state index in [0.29, 0.717) is 6.42 Å². The van der Waals surface area contributed by atoms with Crippen LogP contribution in [0.2, 0.25) is 0 Å². The summed E-state index contributed by atoms with van der Waals surface area (Å²) in [7, 11) is 2.09. The zero-order valence-corrected chi connectivity index (χ0v) is 10.9. The molecule has 0 aromatic rings. The molecule has 0 spiro atoms. The summed E-state index contributed by atoms with van der Waals surface area (Å²) in [6, 6.07) is 0. The van der Waals surface area contributed by atoms with E-state index in [1.807, 2.05) is 0 Å². The highest BCUT2D eigenvalue weighted by atomic mass is 16.6. The number of methoxy groups -OCH3 is 2. The highest BCUT2D eigenvalue weighted by Crippen LogP contribution is 2.18. The van der Waals surface area contributed by atoms with Gasteiger partial charge in [-0.15, -0.1) is 0 Å². The smallest absolute Gasteiger partial charge is 0.350 e. The van der Waals surface area contributed by atoms with Crippen LogP contribution in [0.4, 0.5) is 0 Å². The number of hydrogen-bond acceptors (Lipinski definition) is 7. The van der Waals surface area contributed by atoms with Crippen molar-refractivity contribution < 1.29 is 33.7 Å². The van der Waals surface area contributed by atoms with Crippen molar-refractivity contribution in [1.29, 1.82) is 0 Å². The maximum atomic E-state index is 11.5. The molecular formula is C11H18O7. The summed E-state index contributed by atoms with van der Waals surface area (Å²) in [4.78, 5) is 34.2. The number of rotatable bonds is 6. The van der Waals surface area contributed by atoms with E-state index in [9.17, 15) is 19.5 Å². The Morgan fingerprint density at radius 1 is 1.22 bits per heavy atom. The van der Waals surface area contributed by atoms with Crippen LogP contribution in [0.5, 0.6) is 0 Å². The molecule has 0 heterocycles. The second kappa shape index (κ2) is 6.95. The Morgan fingerprint density at radius 3 is 2.17 bits per heavy atom. The van der Waals surface area contributed by atoms with E-state index in [-0.39, 0.29) is 6.42 Å². The summed E-state index contributed by atoms with van der Waals surface area (Å²) < 4.78 is 13.5. The molecule has 18 heavy (non-hydrogen) atoms. The van der Waals surface area contributed by atoms with Gasteiger partial charge in [-0.1, -0.05) is 6.92 Å². The minimum atomic E-state index is -2.30. The summed E-state index contributed by atoms with van der Waals surface area (Å²) in [6.07, 6.45) is -1.19. The zero-order valence-electron chi connectivity index (χ0n) is 10.9. The molecule has 0 rings (SSSR count). The van der Waals surface area contributed by atoms with E-state index >= 15 is 0 Å². The molecule has 104 valence electrons. The van der Waals surface area contributed by atoms with E-state index in [1.54, 1.807) is 6.92 Å². The Kier molecular flexibility index (Phi) is 6.32. The third kappa shape index (κ3) is 3.99. The minimum Gasteiger partial charge on any atom is -0.467 e. The van der Waals surface area contributed by atoms with Gasteiger partial charge in [0, 0.05) is 6.42 Å². The lowest BCUT2D eigenvalue weighted by Crippen LogP contribution is -2.54. The van der Waals surface area contributed by atoms with Crippen LogP contribution < -0.4 is 0 Å². The molecule has 0 aliphatic rings. The molecule has 0 aliphatic carbocycles. The fourth-order valence-corrected chi connectivity index (χ4v) is 1.21. The van der Waals surface area contributed by atoms with Gasteiger partial charge in [0.25, 0.3) is 0 Å². The van der Waals surface area contributed by atoms with Crippen LogP contribution in [0.3, 0.4) is 0 Å². The Hall–Kier alpha value is -1.63. The predicted octanol–water partition coefficient (Wildman–Crippen LogP) is -0.205. The largest absolute Gasteiger partial charge is 0.467 e. The Bertz CT molecular complexity index is 321. The first-order valence-corrected chi connectivity index (χ1v) is 5.39. The molecule has 1 N–H and O–H groups in total. The molecule has 2 atom stereocenters. The van der Waals surface area contributed by atoms with E-state index in [1.165, 1.54) is 0 Å². The number of hydrogen-bond donors (Lipinski definition) is 1. The molecular weight excluding hydrogens is 244 g/mol. The Balaban J connectivity index is 5.05. The zero-order chi connectivity index (χ0) is 14.3. The molecule has 0 radical (unpaired) electrons. The third-order valence-electron chi connectivity index (χ3n) is 2.23. The normalized spacial score (nSPS) is 15.2. The SMILES string of the molecule is CCCC(=O)O[C@H](C(=O)OC)[C@](C)(O)C(=O)OC. The number of ether oxygens (including phenoxy) is 3. The summed E-state index contributed by atoms with van der Waals surface area (Å²) in [6.45, 7) is 2.76.